The van der Waals surface area contributed by atoms with Crippen molar-refractivity contribution in [2.45, 2.75) is 6.54 Å². The first-order valence-electron chi connectivity index (χ1n) is 9.67. The highest BCUT2D eigenvalue weighted by molar-refractivity contribution is 6.10. The smallest absolute Gasteiger partial charge is 0.272 e. The van der Waals surface area contributed by atoms with E-state index in [1.54, 1.807) is 54.7 Å². The van der Waals surface area contributed by atoms with E-state index in [0.29, 0.717) is 23.6 Å². The Hall–Kier alpha value is -4.39. The molecule has 0 bridgehead atoms. The van der Waals surface area contributed by atoms with Crippen molar-refractivity contribution < 1.29 is 14.0 Å². The van der Waals surface area contributed by atoms with E-state index in [4.69, 9.17) is 4.42 Å². The lowest BCUT2D eigenvalue weighted by Crippen LogP contribution is -2.30. The van der Waals surface area contributed by atoms with Crippen LogP contribution in [0.15, 0.2) is 102 Å². The molecular formula is C24H20N4O3. The average Bonchev–Trinajstić information content (AvgIpc) is 3.49. The molecule has 2 aromatic carbocycles. The number of anilines is 1. The number of carbonyl (C=O) groups excluding carboxylic acids is 2. The lowest BCUT2D eigenvalue weighted by atomic mass is 10.2. The second-order valence-corrected chi connectivity index (χ2v) is 6.75. The number of amides is 2. The second kappa shape index (κ2) is 9.41. The number of hydrogen-bond acceptors (Lipinski definition) is 4. The predicted octanol–water partition coefficient (Wildman–Crippen LogP) is 3.93. The maximum atomic E-state index is 12.9. The van der Waals surface area contributed by atoms with Crippen LogP contribution in [0.4, 0.5) is 5.69 Å². The van der Waals surface area contributed by atoms with Crippen molar-refractivity contribution in [1.82, 2.24) is 15.1 Å². The van der Waals surface area contributed by atoms with Gasteiger partial charge in [0.2, 0.25) is 0 Å². The van der Waals surface area contributed by atoms with Gasteiger partial charge in [0.25, 0.3) is 11.8 Å². The Labute approximate surface area is 179 Å². The van der Waals surface area contributed by atoms with Crippen molar-refractivity contribution in [1.29, 1.82) is 0 Å². The Morgan fingerprint density at radius 1 is 0.968 bits per heavy atom. The van der Waals surface area contributed by atoms with Crippen LogP contribution in [0.1, 0.15) is 21.7 Å². The van der Waals surface area contributed by atoms with E-state index >= 15 is 0 Å². The molecule has 7 heteroatoms. The number of rotatable bonds is 7. The molecule has 0 saturated heterocycles. The minimum atomic E-state index is -0.458. The van der Waals surface area contributed by atoms with Crippen molar-refractivity contribution in [2.24, 2.45) is 0 Å². The molecule has 0 fully saturated rings. The molecule has 0 spiro atoms. The van der Waals surface area contributed by atoms with Crippen LogP contribution < -0.4 is 10.6 Å². The van der Waals surface area contributed by atoms with Crippen LogP contribution in [-0.4, -0.2) is 21.6 Å². The van der Waals surface area contributed by atoms with Gasteiger partial charge in [-0.15, -0.1) is 0 Å². The van der Waals surface area contributed by atoms with E-state index < -0.39 is 5.91 Å². The molecule has 31 heavy (non-hydrogen) atoms. The van der Waals surface area contributed by atoms with Gasteiger partial charge in [-0.2, -0.15) is 5.10 Å². The first kappa shape index (κ1) is 19.9. The highest BCUT2D eigenvalue weighted by Gasteiger charge is 2.15. The zero-order chi connectivity index (χ0) is 21.5. The van der Waals surface area contributed by atoms with Gasteiger partial charge in [-0.3, -0.25) is 14.3 Å². The lowest BCUT2D eigenvalue weighted by molar-refractivity contribution is -0.113. The van der Waals surface area contributed by atoms with Crippen LogP contribution in [0.5, 0.6) is 0 Å². The molecule has 0 aliphatic carbocycles. The Morgan fingerprint density at radius 2 is 1.77 bits per heavy atom. The van der Waals surface area contributed by atoms with Crippen LogP contribution in [-0.2, 0) is 11.3 Å². The van der Waals surface area contributed by atoms with Crippen molar-refractivity contribution >= 4 is 23.6 Å². The van der Waals surface area contributed by atoms with Gasteiger partial charge in [0.15, 0.2) is 0 Å². The summed E-state index contributed by atoms with van der Waals surface area (Å²) in [5.74, 6) is -0.392. The normalized spacial score (nSPS) is 11.2. The molecule has 0 atom stereocenters. The molecule has 4 rings (SSSR count). The SMILES string of the molecule is O=C(Nc1ccc(Cn2cccn2)cc1)C(=Cc1ccco1)NC(=O)c1ccccc1. The van der Waals surface area contributed by atoms with Crippen molar-refractivity contribution in [3.63, 3.8) is 0 Å². The van der Waals surface area contributed by atoms with Gasteiger partial charge in [0.1, 0.15) is 11.5 Å². The highest BCUT2D eigenvalue weighted by atomic mass is 16.3. The fraction of sp³-hybridized carbons (Fsp3) is 0.0417. The molecule has 2 aromatic heterocycles. The minimum absolute atomic E-state index is 0.0735. The Kier molecular flexibility index (Phi) is 6.04. The number of furan rings is 1. The summed E-state index contributed by atoms with van der Waals surface area (Å²) >= 11 is 0. The van der Waals surface area contributed by atoms with Gasteiger partial charge in [0.05, 0.1) is 12.8 Å². The van der Waals surface area contributed by atoms with Gasteiger partial charge in [-0.25, -0.2) is 0 Å². The van der Waals surface area contributed by atoms with Gasteiger partial charge >= 0.3 is 0 Å². The van der Waals surface area contributed by atoms with Gasteiger partial charge < -0.3 is 15.1 Å². The number of nitrogens with zero attached hydrogens (tertiary/aromatic N) is 2. The molecule has 0 unspecified atom stereocenters. The van der Waals surface area contributed by atoms with Crippen LogP contribution in [0.2, 0.25) is 0 Å². The van der Waals surface area contributed by atoms with E-state index in [-0.39, 0.29) is 11.6 Å². The molecule has 0 aliphatic rings. The summed E-state index contributed by atoms with van der Waals surface area (Å²) in [7, 11) is 0. The minimum Gasteiger partial charge on any atom is -0.465 e. The van der Waals surface area contributed by atoms with E-state index in [0.717, 1.165) is 5.56 Å². The Bertz CT molecular complexity index is 1160. The lowest BCUT2D eigenvalue weighted by Gasteiger charge is -2.11. The number of benzene rings is 2. The number of nitrogens with one attached hydrogen (secondary N) is 2. The number of aromatic nitrogens is 2. The summed E-state index contributed by atoms with van der Waals surface area (Å²) < 4.78 is 7.12. The third-order valence-electron chi connectivity index (χ3n) is 4.47. The molecule has 2 amide bonds. The summed E-state index contributed by atoms with van der Waals surface area (Å²) in [4.78, 5) is 25.5. The monoisotopic (exact) mass is 412 g/mol. The largest absolute Gasteiger partial charge is 0.465 e. The van der Waals surface area contributed by atoms with E-state index in [9.17, 15) is 9.59 Å². The molecular weight excluding hydrogens is 392 g/mol. The first-order chi connectivity index (χ1) is 15.2. The molecule has 0 radical (unpaired) electrons. The topological polar surface area (TPSA) is 89.2 Å². The van der Waals surface area contributed by atoms with Gasteiger partial charge in [-0.1, -0.05) is 30.3 Å². The summed E-state index contributed by atoms with van der Waals surface area (Å²) in [6, 6.07) is 21.4. The standard InChI is InChI=1S/C24H20N4O3/c29-23(19-6-2-1-3-7-19)27-22(16-21-8-4-15-31-21)24(30)26-20-11-9-18(10-12-20)17-28-14-5-13-25-28/h1-16H,17H2,(H,26,30)(H,27,29). The molecule has 2 N–H and O–H groups in total. The van der Waals surface area contributed by atoms with Crippen LogP contribution >= 0.6 is 0 Å². The second-order valence-electron chi connectivity index (χ2n) is 6.75. The van der Waals surface area contributed by atoms with Crippen molar-refractivity contribution in [3.05, 3.63) is 114 Å². The molecule has 4 aromatic rings. The van der Waals surface area contributed by atoms with E-state index in [2.05, 4.69) is 15.7 Å². The van der Waals surface area contributed by atoms with E-state index in [1.807, 2.05) is 35.1 Å². The fourth-order valence-electron chi connectivity index (χ4n) is 2.93. The summed E-state index contributed by atoms with van der Waals surface area (Å²) in [6.45, 7) is 0.637. The van der Waals surface area contributed by atoms with Gasteiger partial charge in [0, 0.05) is 29.7 Å². The summed E-state index contributed by atoms with van der Waals surface area (Å²) in [6.07, 6.45) is 6.60. The van der Waals surface area contributed by atoms with Crippen LogP contribution in [0.25, 0.3) is 6.08 Å². The van der Waals surface area contributed by atoms with Crippen LogP contribution in [0.3, 0.4) is 0 Å². The zero-order valence-corrected chi connectivity index (χ0v) is 16.6. The van der Waals surface area contributed by atoms with Crippen molar-refractivity contribution in [3.8, 4) is 0 Å². The number of carbonyl (C=O) groups is 2. The summed E-state index contributed by atoms with van der Waals surface area (Å²) in [5, 5.41) is 9.67. The Morgan fingerprint density at radius 3 is 2.45 bits per heavy atom. The van der Waals surface area contributed by atoms with Gasteiger partial charge in [-0.05, 0) is 48.0 Å². The molecule has 0 aliphatic heterocycles. The third kappa shape index (κ3) is 5.36. The fourth-order valence-corrected chi connectivity index (χ4v) is 2.93. The van der Waals surface area contributed by atoms with E-state index in [1.165, 1.54) is 12.3 Å². The third-order valence-corrected chi connectivity index (χ3v) is 4.47. The zero-order valence-electron chi connectivity index (χ0n) is 16.6. The molecule has 2 heterocycles. The maximum Gasteiger partial charge on any atom is 0.272 e. The quantitative estimate of drug-likeness (QED) is 0.450. The molecule has 154 valence electrons. The maximum absolute atomic E-state index is 12.9. The Balaban J connectivity index is 1.48. The highest BCUT2D eigenvalue weighted by Crippen LogP contribution is 2.14. The molecule has 0 saturated carbocycles. The number of hydrogen-bond donors (Lipinski definition) is 2. The molecule has 7 nitrogen and oxygen atoms in total. The van der Waals surface area contributed by atoms with Crippen LogP contribution in [0, 0.1) is 0 Å². The summed E-state index contributed by atoms with van der Waals surface area (Å²) in [5.41, 5.74) is 2.17. The van der Waals surface area contributed by atoms with Crippen molar-refractivity contribution in [2.75, 3.05) is 5.32 Å². The average molecular weight is 412 g/mol. The predicted molar refractivity (Wildman–Crippen MR) is 117 cm³/mol. The first-order valence-corrected chi connectivity index (χ1v) is 9.67.